The van der Waals surface area contributed by atoms with Crippen LogP contribution in [0.5, 0.6) is 0 Å². The quantitative estimate of drug-likeness (QED) is 0.495. The van der Waals surface area contributed by atoms with Crippen LogP contribution in [0.4, 0.5) is 0 Å². The maximum absolute atomic E-state index is 10.1. The van der Waals surface area contributed by atoms with E-state index in [1.54, 1.807) is 0 Å². The molecule has 0 aromatic carbocycles. The van der Waals surface area contributed by atoms with E-state index < -0.39 is 0 Å². The largest absolute Gasteiger partial charge is 0.271 e. The summed E-state index contributed by atoms with van der Waals surface area (Å²) in [4.78, 5) is 13.4. The predicted octanol–water partition coefficient (Wildman–Crippen LogP) is 1.02. The molecule has 0 aromatic heterocycles. The van der Waals surface area contributed by atoms with Crippen LogP contribution < -0.4 is 0 Å². The van der Waals surface area contributed by atoms with E-state index in [9.17, 15) is 4.79 Å². The first-order valence-electron chi connectivity index (χ1n) is 1.57. The summed E-state index contributed by atoms with van der Waals surface area (Å²) in [7, 11) is 0. The molecule has 1 aliphatic rings. The third kappa shape index (κ3) is 1.17. The van der Waals surface area contributed by atoms with Crippen LogP contribution in [0.15, 0.2) is 4.99 Å². The van der Waals surface area contributed by atoms with Crippen LogP contribution in [-0.2, 0) is 4.79 Å². The van der Waals surface area contributed by atoms with Crippen molar-refractivity contribution in [3.05, 3.63) is 5.75 Å². The van der Waals surface area contributed by atoms with Crippen molar-refractivity contribution in [2.75, 3.05) is 0 Å². The first kappa shape index (κ1) is 5.12. The molecule has 0 saturated heterocycles. The Morgan fingerprint density at radius 3 is 2.71 bits per heavy atom. The highest BCUT2D eigenvalue weighted by Crippen LogP contribution is 2.19. The molecule has 0 aromatic rings. The highest BCUT2D eigenvalue weighted by Gasteiger charge is 2.11. The van der Waals surface area contributed by atoms with Crippen LogP contribution in [0.1, 0.15) is 0 Å². The fraction of sp³-hybridized carbons (Fsp3) is 0. The van der Waals surface area contributed by atoms with Gasteiger partial charge in [0.1, 0.15) is 5.75 Å². The molecule has 0 saturated carbocycles. The van der Waals surface area contributed by atoms with Gasteiger partial charge >= 0.3 is 0 Å². The molecule has 2 nitrogen and oxygen atoms in total. The van der Waals surface area contributed by atoms with Crippen molar-refractivity contribution in [3.8, 4) is 0 Å². The Kier molecular flexibility index (Phi) is 1.35. The summed E-state index contributed by atoms with van der Waals surface area (Å²) in [6, 6.07) is 0. The normalized spacial score (nSPS) is 20.1. The number of hydrogen-bond donors (Lipinski definition) is 0. The number of hydrogen-bond acceptors (Lipinski definition) is 2. The molecule has 0 unspecified atom stereocenters. The van der Waals surface area contributed by atoms with Gasteiger partial charge in [0.05, 0.1) is 0 Å². The highest BCUT2D eigenvalue weighted by atomic mass is 35.5. The zero-order valence-electron chi connectivity index (χ0n) is 3.22. The Labute approximate surface area is 49.9 Å². The summed E-state index contributed by atoms with van der Waals surface area (Å²) in [5, 5.41) is 0. The molecule has 0 spiro atoms. The topological polar surface area (TPSA) is 29.4 Å². The molecule has 1 rings (SSSR count). The third-order valence-electron chi connectivity index (χ3n) is 0.455. The van der Waals surface area contributed by atoms with E-state index in [0.717, 1.165) is 11.8 Å². The molecule has 0 bridgehead atoms. The number of thioether (sulfide) groups is 1. The number of nitrogens with zero attached hydrogens (tertiary/aromatic N) is 1. The number of aliphatic imine (C=N–C) groups is 1. The first-order valence-corrected chi connectivity index (χ1v) is 2.83. The Balaban J connectivity index is 2.67. The minimum atomic E-state index is -0.255. The maximum Gasteiger partial charge on any atom is 0.262 e. The fourth-order valence-electron chi connectivity index (χ4n) is 0.238. The molecule has 1 radical (unpaired) electrons. The number of rotatable bonds is 0. The van der Waals surface area contributed by atoms with Crippen molar-refractivity contribution in [2.24, 2.45) is 4.99 Å². The van der Waals surface area contributed by atoms with Gasteiger partial charge in [-0.3, -0.25) is 4.79 Å². The average molecular weight is 135 g/mol. The number of carbonyl (C=O) groups is 1. The smallest absolute Gasteiger partial charge is 0.262 e. The molecule has 7 heavy (non-hydrogen) atoms. The molecule has 1 heterocycles. The first-order chi connectivity index (χ1) is 3.29. The maximum atomic E-state index is 10.1. The third-order valence-corrected chi connectivity index (χ3v) is 1.41. The predicted molar refractivity (Wildman–Crippen MR) is 30.2 cm³/mol. The average Bonchev–Trinajstić information content (AvgIpc) is 1.87. The molecule has 4 heteroatoms. The SMILES string of the molecule is O=C1[CH]SC(Cl)=N1. The lowest BCUT2D eigenvalue weighted by Gasteiger charge is -1.71. The second kappa shape index (κ2) is 1.84. The zero-order chi connectivity index (χ0) is 5.28. The van der Waals surface area contributed by atoms with Gasteiger partial charge in [-0.2, -0.15) is 4.99 Å². The summed E-state index contributed by atoms with van der Waals surface area (Å²) < 4.78 is 0.310. The van der Waals surface area contributed by atoms with Gasteiger partial charge in [0.25, 0.3) is 5.91 Å². The van der Waals surface area contributed by atoms with Crippen molar-refractivity contribution >= 4 is 33.8 Å². The van der Waals surface area contributed by atoms with E-state index in [2.05, 4.69) is 4.99 Å². The Hall–Kier alpha value is -0.0200. The van der Waals surface area contributed by atoms with Crippen molar-refractivity contribution in [1.29, 1.82) is 0 Å². The van der Waals surface area contributed by atoms with Gasteiger partial charge in [0.2, 0.25) is 0 Å². The van der Waals surface area contributed by atoms with E-state index in [-0.39, 0.29) is 5.91 Å². The second-order valence-corrected chi connectivity index (χ2v) is 2.38. The van der Waals surface area contributed by atoms with Crippen LogP contribution in [0, 0.1) is 5.75 Å². The van der Waals surface area contributed by atoms with Crippen LogP contribution in [0.25, 0.3) is 0 Å². The molecule has 0 N–H and O–H groups in total. The van der Waals surface area contributed by atoms with E-state index in [4.69, 9.17) is 11.6 Å². The summed E-state index contributed by atoms with van der Waals surface area (Å²) in [6.45, 7) is 0. The summed E-state index contributed by atoms with van der Waals surface area (Å²) in [6.07, 6.45) is 0. The molecule has 1 aliphatic heterocycles. The standard InChI is InChI=1S/C3HClNOS/c4-3-5-2(6)1-7-3/h1H. The van der Waals surface area contributed by atoms with Crippen molar-refractivity contribution in [2.45, 2.75) is 0 Å². The van der Waals surface area contributed by atoms with E-state index in [1.165, 1.54) is 5.75 Å². The molecule has 0 fully saturated rings. The van der Waals surface area contributed by atoms with Crippen LogP contribution in [-0.4, -0.2) is 10.4 Å². The van der Waals surface area contributed by atoms with Gasteiger partial charge in [-0.25, -0.2) is 0 Å². The van der Waals surface area contributed by atoms with Gasteiger partial charge in [-0.15, -0.1) is 0 Å². The van der Waals surface area contributed by atoms with Crippen molar-refractivity contribution in [1.82, 2.24) is 0 Å². The van der Waals surface area contributed by atoms with Gasteiger partial charge in [-0.05, 0) is 0 Å². The van der Waals surface area contributed by atoms with E-state index in [1.807, 2.05) is 0 Å². The van der Waals surface area contributed by atoms with Gasteiger partial charge < -0.3 is 0 Å². The van der Waals surface area contributed by atoms with Crippen LogP contribution in [0.3, 0.4) is 0 Å². The molecule has 37 valence electrons. The van der Waals surface area contributed by atoms with Gasteiger partial charge in [-0.1, -0.05) is 23.4 Å². The van der Waals surface area contributed by atoms with Crippen LogP contribution >= 0.6 is 23.4 Å². The summed E-state index contributed by atoms with van der Waals surface area (Å²) in [5.41, 5.74) is 0. The van der Waals surface area contributed by atoms with E-state index >= 15 is 0 Å². The monoisotopic (exact) mass is 134 g/mol. The Morgan fingerprint density at radius 1 is 1.86 bits per heavy atom. The van der Waals surface area contributed by atoms with Gasteiger partial charge in [0.15, 0.2) is 4.50 Å². The molecular formula is C3HClNOS. The molecular weight excluding hydrogens is 134 g/mol. The summed E-state index contributed by atoms with van der Waals surface area (Å²) in [5.74, 6) is 1.11. The number of amides is 1. The summed E-state index contributed by atoms with van der Waals surface area (Å²) >= 11 is 6.41. The number of carbonyl (C=O) groups excluding carboxylic acids is 1. The Bertz CT molecular complexity index is 133. The number of halogens is 1. The minimum Gasteiger partial charge on any atom is -0.271 e. The lowest BCUT2D eigenvalue weighted by Crippen LogP contribution is -1.79. The van der Waals surface area contributed by atoms with Gasteiger partial charge in [0, 0.05) is 0 Å². The lowest BCUT2D eigenvalue weighted by molar-refractivity contribution is -0.113. The zero-order valence-corrected chi connectivity index (χ0v) is 4.79. The van der Waals surface area contributed by atoms with Crippen LogP contribution in [0.2, 0.25) is 0 Å². The minimum absolute atomic E-state index is 0.255. The Morgan fingerprint density at radius 2 is 2.57 bits per heavy atom. The van der Waals surface area contributed by atoms with E-state index in [0.29, 0.717) is 4.50 Å². The van der Waals surface area contributed by atoms with Crippen molar-refractivity contribution < 1.29 is 4.79 Å². The molecule has 1 amide bonds. The fourth-order valence-corrected chi connectivity index (χ4v) is 0.849. The second-order valence-electron chi connectivity index (χ2n) is 0.939. The molecule has 0 aliphatic carbocycles. The van der Waals surface area contributed by atoms with Crippen molar-refractivity contribution in [3.63, 3.8) is 0 Å². The lowest BCUT2D eigenvalue weighted by atomic mass is 10.8. The molecule has 0 atom stereocenters. The highest BCUT2D eigenvalue weighted by molar-refractivity contribution is 8.19.